The van der Waals surface area contributed by atoms with Crippen LogP contribution < -0.4 is 4.90 Å². The van der Waals surface area contributed by atoms with E-state index in [-0.39, 0.29) is 5.56 Å². The number of aryl methyl sites for hydroxylation is 1. The summed E-state index contributed by atoms with van der Waals surface area (Å²) in [6.07, 6.45) is 0. The molecule has 0 aliphatic heterocycles. The third-order valence-corrected chi connectivity index (χ3v) is 3.31. The van der Waals surface area contributed by atoms with Gasteiger partial charge in [0.05, 0.1) is 5.56 Å². The predicted molar refractivity (Wildman–Crippen MR) is 79.0 cm³/mol. The lowest BCUT2D eigenvalue weighted by Gasteiger charge is -2.23. The lowest BCUT2D eigenvalue weighted by molar-refractivity contribution is 0.622. The summed E-state index contributed by atoms with van der Waals surface area (Å²) in [7, 11) is 0. The highest BCUT2D eigenvalue weighted by atomic mass is 19.1. The Bertz CT molecular complexity index is 626. The van der Waals surface area contributed by atoms with Crippen LogP contribution in [0.3, 0.4) is 0 Å². The van der Waals surface area contributed by atoms with E-state index in [9.17, 15) is 4.39 Å². The van der Waals surface area contributed by atoms with E-state index in [1.54, 1.807) is 12.1 Å². The van der Waals surface area contributed by atoms with Crippen molar-refractivity contribution in [1.29, 1.82) is 5.26 Å². The molecule has 0 atom stereocenters. The molecule has 0 unspecified atom stereocenters. The van der Waals surface area contributed by atoms with Crippen LogP contribution in [-0.4, -0.2) is 6.54 Å². The van der Waals surface area contributed by atoms with Gasteiger partial charge in [0, 0.05) is 18.8 Å². The van der Waals surface area contributed by atoms with Crippen molar-refractivity contribution in [1.82, 2.24) is 0 Å². The molecule has 0 heterocycles. The maximum atomic E-state index is 13.3. The highest BCUT2D eigenvalue weighted by molar-refractivity contribution is 5.48. The third-order valence-electron chi connectivity index (χ3n) is 3.31. The zero-order valence-electron chi connectivity index (χ0n) is 11.7. The summed E-state index contributed by atoms with van der Waals surface area (Å²) in [5, 5.41) is 8.88. The molecule has 2 nitrogen and oxygen atoms in total. The summed E-state index contributed by atoms with van der Waals surface area (Å²) >= 11 is 0. The molecule has 0 aliphatic carbocycles. The molecule has 0 N–H and O–H groups in total. The number of nitrogens with zero attached hydrogens (tertiary/aromatic N) is 2. The van der Waals surface area contributed by atoms with Crippen LogP contribution in [0.4, 0.5) is 10.1 Å². The maximum Gasteiger partial charge on any atom is 0.140 e. The smallest absolute Gasteiger partial charge is 0.140 e. The molecule has 0 saturated heterocycles. The Balaban J connectivity index is 2.22. The Kier molecular flexibility index (Phi) is 4.37. The van der Waals surface area contributed by atoms with Crippen LogP contribution in [0.2, 0.25) is 0 Å². The first-order chi connectivity index (χ1) is 9.63. The average Bonchev–Trinajstić information content (AvgIpc) is 2.47. The van der Waals surface area contributed by atoms with Gasteiger partial charge in [-0.05, 0) is 43.7 Å². The number of halogens is 1. The van der Waals surface area contributed by atoms with Gasteiger partial charge in [-0.25, -0.2) is 4.39 Å². The van der Waals surface area contributed by atoms with Crippen molar-refractivity contribution >= 4 is 5.69 Å². The van der Waals surface area contributed by atoms with Crippen LogP contribution in [0.15, 0.2) is 42.5 Å². The van der Waals surface area contributed by atoms with Crippen molar-refractivity contribution in [2.75, 3.05) is 11.4 Å². The van der Waals surface area contributed by atoms with Gasteiger partial charge in [-0.2, -0.15) is 5.26 Å². The Morgan fingerprint density at radius 3 is 2.45 bits per heavy atom. The summed E-state index contributed by atoms with van der Waals surface area (Å²) in [5.74, 6) is -0.463. The molecule has 0 aliphatic rings. The van der Waals surface area contributed by atoms with E-state index in [0.29, 0.717) is 6.54 Å². The van der Waals surface area contributed by atoms with Crippen molar-refractivity contribution < 1.29 is 4.39 Å². The maximum absolute atomic E-state index is 13.3. The molecule has 2 aromatic rings. The Labute approximate surface area is 119 Å². The van der Waals surface area contributed by atoms with Crippen molar-refractivity contribution in [2.45, 2.75) is 20.4 Å². The molecule has 0 bridgehead atoms. The van der Waals surface area contributed by atoms with Gasteiger partial charge in [-0.3, -0.25) is 0 Å². The Hall–Kier alpha value is -2.34. The monoisotopic (exact) mass is 268 g/mol. The van der Waals surface area contributed by atoms with Crippen LogP contribution in [0, 0.1) is 24.1 Å². The predicted octanol–water partition coefficient (Wildman–Crippen LogP) is 4.03. The van der Waals surface area contributed by atoms with Crippen LogP contribution in [-0.2, 0) is 6.54 Å². The van der Waals surface area contributed by atoms with Gasteiger partial charge in [0.1, 0.15) is 11.9 Å². The normalized spacial score (nSPS) is 10.1. The summed E-state index contributed by atoms with van der Waals surface area (Å²) in [4.78, 5) is 2.19. The second kappa shape index (κ2) is 6.21. The van der Waals surface area contributed by atoms with Gasteiger partial charge in [0.25, 0.3) is 0 Å². The zero-order chi connectivity index (χ0) is 14.5. The number of nitriles is 1. The fraction of sp³-hybridized carbons (Fsp3) is 0.235. The van der Waals surface area contributed by atoms with E-state index in [1.165, 1.54) is 11.6 Å². The van der Waals surface area contributed by atoms with Crippen molar-refractivity contribution in [3.8, 4) is 6.07 Å². The van der Waals surface area contributed by atoms with Gasteiger partial charge in [0.15, 0.2) is 0 Å². The van der Waals surface area contributed by atoms with Gasteiger partial charge in [-0.15, -0.1) is 0 Å². The molecule has 0 amide bonds. The lowest BCUT2D eigenvalue weighted by Crippen LogP contribution is -2.22. The Morgan fingerprint density at radius 1 is 1.15 bits per heavy atom. The molecule has 0 radical (unpaired) electrons. The lowest BCUT2D eigenvalue weighted by atomic mass is 10.1. The van der Waals surface area contributed by atoms with Crippen LogP contribution >= 0.6 is 0 Å². The van der Waals surface area contributed by atoms with Gasteiger partial charge >= 0.3 is 0 Å². The van der Waals surface area contributed by atoms with E-state index in [2.05, 4.69) is 43.0 Å². The summed E-state index contributed by atoms with van der Waals surface area (Å²) in [6.45, 7) is 5.64. The number of anilines is 1. The molecule has 0 fully saturated rings. The fourth-order valence-electron chi connectivity index (χ4n) is 2.12. The molecule has 0 aromatic heterocycles. The highest BCUT2D eigenvalue weighted by Crippen LogP contribution is 2.19. The highest BCUT2D eigenvalue weighted by Gasteiger charge is 2.08. The minimum atomic E-state index is -0.463. The van der Waals surface area contributed by atoms with Gasteiger partial charge in [0.2, 0.25) is 0 Å². The molecule has 102 valence electrons. The molecular formula is C17H17FN2. The van der Waals surface area contributed by atoms with Crippen LogP contribution in [0.5, 0.6) is 0 Å². The second-order valence-electron chi connectivity index (χ2n) is 4.78. The number of benzene rings is 2. The van der Waals surface area contributed by atoms with Crippen LogP contribution in [0.1, 0.15) is 23.6 Å². The summed E-state index contributed by atoms with van der Waals surface area (Å²) in [6, 6.07) is 14.9. The third kappa shape index (κ3) is 3.16. The van der Waals surface area contributed by atoms with Gasteiger partial charge in [-0.1, -0.05) is 23.8 Å². The van der Waals surface area contributed by atoms with Crippen molar-refractivity contribution in [3.63, 3.8) is 0 Å². The zero-order valence-corrected chi connectivity index (χ0v) is 11.7. The van der Waals surface area contributed by atoms with E-state index in [1.807, 2.05) is 6.07 Å². The Morgan fingerprint density at radius 2 is 1.85 bits per heavy atom. The summed E-state index contributed by atoms with van der Waals surface area (Å²) in [5.41, 5.74) is 3.38. The molecule has 2 aromatic carbocycles. The molecule has 0 spiro atoms. The first-order valence-electron chi connectivity index (χ1n) is 6.64. The first kappa shape index (κ1) is 14.1. The average molecular weight is 268 g/mol. The number of hydrogen-bond donors (Lipinski definition) is 0. The van der Waals surface area contributed by atoms with Crippen molar-refractivity contribution in [2.24, 2.45) is 0 Å². The minimum absolute atomic E-state index is 0.0995. The molecule has 20 heavy (non-hydrogen) atoms. The molecule has 2 rings (SSSR count). The molecule has 0 saturated carbocycles. The standard InChI is InChI=1S/C17H17FN2/c1-3-20(16-7-4-13(2)5-8-16)12-14-6-9-17(18)15(10-14)11-19/h4-10H,3,12H2,1-2H3. The topological polar surface area (TPSA) is 27.0 Å². The second-order valence-corrected chi connectivity index (χ2v) is 4.78. The van der Waals surface area contributed by atoms with Crippen molar-refractivity contribution in [3.05, 3.63) is 65.0 Å². The minimum Gasteiger partial charge on any atom is -0.367 e. The largest absolute Gasteiger partial charge is 0.367 e. The number of rotatable bonds is 4. The van der Waals surface area contributed by atoms with Crippen LogP contribution in [0.25, 0.3) is 0 Å². The van der Waals surface area contributed by atoms with E-state index in [0.717, 1.165) is 17.8 Å². The molecular weight excluding hydrogens is 251 g/mol. The summed E-state index contributed by atoms with van der Waals surface area (Å²) < 4.78 is 13.3. The van der Waals surface area contributed by atoms with E-state index < -0.39 is 5.82 Å². The van der Waals surface area contributed by atoms with E-state index >= 15 is 0 Å². The first-order valence-corrected chi connectivity index (χ1v) is 6.64. The quantitative estimate of drug-likeness (QED) is 0.837. The molecule has 3 heteroatoms. The fourth-order valence-corrected chi connectivity index (χ4v) is 2.12. The van der Waals surface area contributed by atoms with E-state index in [4.69, 9.17) is 5.26 Å². The van der Waals surface area contributed by atoms with Gasteiger partial charge < -0.3 is 4.90 Å². The number of hydrogen-bond acceptors (Lipinski definition) is 2. The SMILES string of the molecule is CCN(Cc1ccc(F)c(C#N)c1)c1ccc(C)cc1.